The van der Waals surface area contributed by atoms with Gasteiger partial charge >= 0.3 is 0 Å². The fraction of sp³-hybridized carbons (Fsp3) is 0.235. The summed E-state index contributed by atoms with van der Waals surface area (Å²) in [6.45, 7) is 0.510. The second-order valence-corrected chi connectivity index (χ2v) is 10.0. The summed E-state index contributed by atoms with van der Waals surface area (Å²) in [5.74, 6) is -0.232. The Morgan fingerprint density at radius 2 is 1.76 bits per heavy atom. The first-order valence-corrected chi connectivity index (χ1v) is 11.4. The summed E-state index contributed by atoms with van der Waals surface area (Å²) in [4.78, 5) is 32.3. The molecule has 0 spiro atoms. The first-order chi connectivity index (χ1) is 11.8. The van der Waals surface area contributed by atoms with E-state index in [0.29, 0.717) is 16.6 Å². The number of rotatable bonds is 8. The van der Waals surface area contributed by atoms with Crippen LogP contribution in [-0.4, -0.2) is 28.3 Å². The van der Waals surface area contributed by atoms with Gasteiger partial charge in [0.15, 0.2) is 11.9 Å². The van der Waals surface area contributed by atoms with Gasteiger partial charge in [-0.3, -0.25) is 4.79 Å². The van der Waals surface area contributed by atoms with Crippen molar-refractivity contribution < 1.29 is 14.6 Å². The zero-order chi connectivity index (χ0) is 18.4. The maximum absolute atomic E-state index is 12.0. The molecule has 0 amide bonds. The second kappa shape index (κ2) is 9.60. The monoisotopic (exact) mass is 512 g/mol. The molecule has 25 heavy (non-hydrogen) atoms. The molecule has 0 aliphatic rings. The number of ketones is 1. The molecule has 134 valence electrons. The molecule has 8 heteroatoms. The van der Waals surface area contributed by atoms with Crippen molar-refractivity contribution >= 4 is 59.3 Å². The van der Waals surface area contributed by atoms with Crippen molar-refractivity contribution in [3.8, 4) is 0 Å². The molecular formula is C17H18Cl2INO3P+. The van der Waals surface area contributed by atoms with Crippen molar-refractivity contribution in [2.75, 3.05) is 12.7 Å². The Hall–Kier alpha value is -0.270. The van der Waals surface area contributed by atoms with Crippen molar-refractivity contribution in [3.05, 3.63) is 67.2 Å². The summed E-state index contributed by atoms with van der Waals surface area (Å²) in [5.41, 5.74) is 1.74. The highest BCUT2D eigenvalue weighted by atomic mass is 127. The van der Waals surface area contributed by atoms with Crippen LogP contribution in [-0.2, 0) is 17.5 Å². The predicted octanol–water partition coefficient (Wildman–Crippen LogP) is 4.29. The Morgan fingerprint density at radius 3 is 2.44 bits per heavy atom. The lowest BCUT2D eigenvalue weighted by Gasteiger charge is -2.13. The molecule has 4 nitrogen and oxygen atoms in total. The number of Topliss-reactive ketones (excluding diaryl/α,β-unsaturated/α-hetero) is 1. The molecule has 0 radical (unpaired) electrons. The van der Waals surface area contributed by atoms with Crippen LogP contribution in [0.15, 0.2) is 42.5 Å². The van der Waals surface area contributed by atoms with E-state index in [-0.39, 0.29) is 24.7 Å². The van der Waals surface area contributed by atoms with E-state index in [4.69, 9.17) is 23.2 Å². The standard InChI is InChI=1S/C17H18Cl2INO3P/c18-15-6-13(17(20)7-16(15)19)8-21-9-14(22)11-25(23,24)10-12-4-2-1-3-5-12/h1-7,21,23-24H,8-11H2/q+1. The van der Waals surface area contributed by atoms with Gasteiger partial charge in [0.1, 0.15) is 6.16 Å². The highest BCUT2D eigenvalue weighted by Gasteiger charge is 2.36. The summed E-state index contributed by atoms with van der Waals surface area (Å²) < 4.78 is 0.946. The van der Waals surface area contributed by atoms with Gasteiger partial charge in [-0.2, -0.15) is 0 Å². The smallest absolute Gasteiger partial charge is 0.279 e. The number of benzene rings is 2. The molecule has 0 bridgehead atoms. The van der Waals surface area contributed by atoms with Gasteiger partial charge in [-0.05, 0) is 45.9 Å². The van der Waals surface area contributed by atoms with E-state index in [1.54, 1.807) is 12.1 Å². The Morgan fingerprint density at radius 1 is 1.12 bits per heavy atom. The van der Waals surface area contributed by atoms with Crippen LogP contribution < -0.4 is 5.32 Å². The first-order valence-electron chi connectivity index (χ1n) is 7.49. The minimum atomic E-state index is -3.29. The Labute approximate surface area is 171 Å². The maximum Gasteiger partial charge on any atom is 0.279 e. The van der Waals surface area contributed by atoms with Crippen LogP contribution in [0, 0.1) is 3.57 Å². The van der Waals surface area contributed by atoms with E-state index < -0.39 is 7.72 Å². The van der Waals surface area contributed by atoms with Crippen molar-refractivity contribution in [3.63, 3.8) is 0 Å². The van der Waals surface area contributed by atoms with Crippen LogP contribution in [0.5, 0.6) is 0 Å². The third-order valence-electron chi connectivity index (χ3n) is 3.44. The van der Waals surface area contributed by atoms with Crippen molar-refractivity contribution in [1.29, 1.82) is 0 Å². The van der Waals surface area contributed by atoms with Crippen molar-refractivity contribution in [2.45, 2.75) is 12.7 Å². The molecule has 2 aromatic carbocycles. The highest BCUT2D eigenvalue weighted by molar-refractivity contribution is 14.1. The van der Waals surface area contributed by atoms with Gasteiger partial charge in [0.25, 0.3) is 7.72 Å². The van der Waals surface area contributed by atoms with Crippen LogP contribution in [0.3, 0.4) is 0 Å². The molecule has 2 aromatic rings. The summed E-state index contributed by atoms with van der Waals surface area (Å²) in [6.07, 6.45) is -0.113. The molecule has 0 atom stereocenters. The third kappa shape index (κ3) is 7.10. The number of hydrogen-bond donors (Lipinski definition) is 3. The molecule has 0 saturated heterocycles. The van der Waals surface area contributed by atoms with Gasteiger partial charge in [0.05, 0.1) is 16.6 Å². The first kappa shape index (κ1) is 21.0. The van der Waals surface area contributed by atoms with Gasteiger partial charge in [-0.15, -0.1) is 0 Å². The summed E-state index contributed by atoms with van der Waals surface area (Å²) in [6, 6.07) is 12.7. The normalized spacial score (nSPS) is 11.6. The predicted molar refractivity (Wildman–Crippen MR) is 112 cm³/mol. The molecule has 2 rings (SSSR count). The zero-order valence-corrected chi connectivity index (χ0v) is 17.8. The lowest BCUT2D eigenvalue weighted by atomic mass is 10.2. The number of carbonyl (C=O) groups excluding carboxylic acids is 1. The van der Waals surface area contributed by atoms with E-state index in [9.17, 15) is 14.6 Å². The molecule has 3 N–H and O–H groups in total. The summed E-state index contributed by atoms with van der Waals surface area (Å²) in [5, 5.41) is 3.96. The summed E-state index contributed by atoms with van der Waals surface area (Å²) in [7, 11) is -3.29. The quantitative estimate of drug-likeness (QED) is 0.280. The van der Waals surface area contributed by atoms with Crippen molar-refractivity contribution in [2.24, 2.45) is 0 Å². The molecule has 0 saturated carbocycles. The number of hydrogen-bond acceptors (Lipinski definition) is 4. The van der Waals surface area contributed by atoms with Crippen LogP contribution in [0.25, 0.3) is 0 Å². The van der Waals surface area contributed by atoms with Gasteiger partial charge in [-0.1, -0.05) is 53.5 Å². The van der Waals surface area contributed by atoms with E-state index in [2.05, 4.69) is 27.9 Å². The molecule has 0 unspecified atom stereocenters. The highest BCUT2D eigenvalue weighted by Crippen LogP contribution is 2.52. The van der Waals surface area contributed by atoms with E-state index in [0.717, 1.165) is 14.7 Å². The number of nitrogens with one attached hydrogen (secondary N) is 1. The third-order valence-corrected chi connectivity index (χ3v) is 6.89. The van der Waals surface area contributed by atoms with Gasteiger partial charge in [-0.25, -0.2) is 9.79 Å². The van der Waals surface area contributed by atoms with Gasteiger partial charge < -0.3 is 5.32 Å². The summed E-state index contributed by atoms with van der Waals surface area (Å²) >= 11 is 14.1. The molecule has 0 heterocycles. The van der Waals surface area contributed by atoms with E-state index >= 15 is 0 Å². The van der Waals surface area contributed by atoms with Crippen LogP contribution >= 0.6 is 53.5 Å². The molecule has 0 fully saturated rings. The van der Waals surface area contributed by atoms with Crippen molar-refractivity contribution in [1.82, 2.24) is 5.32 Å². The maximum atomic E-state index is 12.0. The fourth-order valence-electron chi connectivity index (χ4n) is 2.31. The minimum Gasteiger partial charge on any atom is -0.306 e. The average Bonchev–Trinajstić information content (AvgIpc) is 2.52. The fourth-order valence-corrected chi connectivity index (χ4v) is 5.08. The Kier molecular flexibility index (Phi) is 8.08. The van der Waals surface area contributed by atoms with Gasteiger partial charge in [0.2, 0.25) is 0 Å². The van der Waals surface area contributed by atoms with Gasteiger partial charge in [0, 0.05) is 10.1 Å². The number of carbonyl (C=O) groups is 1. The lowest BCUT2D eigenvalue weighted by Crippen LogP contribution is -2.26. The lowest BCUT2D eigenvalue weighted by molar-refractivity contribution is -0.116. The second-order valence-electron chi connectivity index (χ2n) is 5.68. The SMILES string of the molecule is O=C(CNCc1cc(Cl)c(Cl)cc1I)C[P+](O)(O)Cc1ccccc1. The van der Waals surface area contributed by atoms with Crippen LogP contribution in [0.2, 0.25) is 10.0 Å². The Balaban J connectivity index is 1.83. The molecule has 0 aliphatic carbocycles. The largest absolute Gasteiger partial charge is 0.306 e. The Bertz CT molecular complexity index is 744. The molecule has 0 aromatic heterocycles. The number of halogens is 3. The molecular weight excluding hydrogens is 495 g/mol. The van der Waals surface area contributed by atoms with E-state index in [1.165, 1.54) is 0 Å². The average molecular weight is 513 g/mol. The van der Waals surface area contributed by atoms with Crippen LogP contribution in [0.1, 0.15) is 11.1 Å². The minimum absolute atomic E-state index is 0.0635. The topological polar surface area (TPSA) is 69.6 Å². The molecule has 0 aliphatic heterocycles. The zero-order valence-electron chi connectivity index (χ0n) is 13.3. The van der Waals surface area contributed by atoms with E-state index in [1.807, 2.05) is 30.3 Å². The van der Waals surface area contributed by atoms with Crippen LogP contribution in [0.4, 0.5) is 0 Å².